The van der Waals surface area contributed by atoms with E-state index < -0.39 is 10.0 Å². The zero-order valence-corrected chi connectivity index (χ0v) is 19.3. The van der Waals surface area contributed by atoms with Gasteiger partial charge in [-0.15, -0.1) is 0 Å². The fourth-order valence-corrected chi connectivity index (χ4v) is 5.22. The SMILES string of the molecule is Cc1cc(C)n(C(=O)CCCN(C)S(=O)(=O)c2ccc3c(c2)C(=O)c2ccccc2C3=O)n1. The standard InChI is InChI=1S/C24H23N3O5S/c1-15-13-16(2)27(25-15)22(28)9-6-12-26(3)33(31,32)17-10-11-20-21(14-17)24(30)19-8-5-4-7-18(19)23(20)29/h4-5,7-8,10-11,13-14H,6,9,12H2,1-3H3. The van der Waals surface area contributed by atoms with Crippen molar-refractivity contribution in [2.24, 2.45) is 0 Å². The molecule has 2 aromatic carbocycles. The summed E-state index contributed by atoms with van der Waals surface area (Å²) in [6.45, 7) is 3.70. The summed E-state index contributed by atoms with van der Waals surface area (Å²) in [5.74, 6) is -0.890. The highest BCUT2D eigenvalue weighted by molar-refractivity contribution is 7.89. The number of fused-ring (bicyclic) bond motifs is 2. The molecule has 0 spiro atoms. The van der Waals surface area contributed by atoms with Crippen LogP contribution in [0.4, 0.5) is 0 Å². The van der Waals surface area contributed by atoms with Gasteiger partial charge in [-0.2, -0.15) is 5.10 Å². The number of hydrogen-bond acceptors (Lipinski definition) is 6. The zero-order chi connectivity index (χ0) is 23.9. The van der Waals surface area contributed by atoms with Crippen LogP contribution in [0.2, 0.25) is 0 Å². The van der Waals surface area contributed by atoms with Crippen LogP contribution in [0.15, 0.2) is 53.4 Å². The molecule has 0 saturated carbocycles. The van der Waals surface area contributed by atoms with Crippen LogP contribution in [0, 0.1) is 13.8 Å². The van der Waals surface area contributed by atoms with Crippen LogP contribution in [0.25, 0.3) is 0 Å². The maximum Gasteiger partial charge on any atom is 0.247 e. The number of aromatic nitrogens is 2. The second-order valence-corrected chi connectivity index (χ2v) is 10.1. The summed E-state index contributed by atoms with van der Waals surface area (Å²) in [4.78, 5) is 37.9. The average molecular weight is 466 g/mol. The Morgan fingerprint density at radius 1 is 0.939 bits per heavy atom. The van der Waals surface area contributed by atoms with Gasteiger partial charge in [0.1, 0.15) is 0 Å². The molecule has 0 unspecified atom stereocenters. The first-order valence-electron chi connectivity index (χ1n) is 10.5. The van der Waals surface area contributed by atoms with Gasteiger partial charge in [0.05, 0.1) is 10.6 Å². The van der Waals surface area contributed by atoms with Gasteiger partial charge in [-0.25, -0.2) is 17.4 Å². The van der Waals surface area contributed by atoms with E-state index in [4.69, 9.17) is 0 Å². The van der Waals surface area contributed by atoms with E-state index in [0.717, 1.165) is 15.7 Å². The van der Waals surface area contributed by atoms with E-state index in [1.54, 1.807) is 44.2 Å². The maximum absolute atomic E-state index is 13.1. The summed E-state index contributed by atoms with van der Waals surface area (Å²) in [6, 6.07) is 12.3. The molecule has 1 aliphatic carbocycles. The van der Waals surface area contributed by atoms with Crippen molar-refractivity contribution in [3.05, 3.63) is 82.2 Å². The maximum atomic E-state index is 13.1. The van der Waals surface area contributed by atoms with Crippen molar-refractivity contribution in [1.29, 1.82) is 0 Å². The lowest BCUT2D eigenvalue weighted by molar-refractivity contribution is 0.0879. The molecule has 0 fully saturated rings. The molecule has 33 heavy (non-hydrogen) atoms. The molecule has 3 aromatic rings. The predicted octanol–water partition coefficient (Wildman–Crippen LogP) is 3.02. The molecule has 0 saturated heterocycles. The molecule has 0 atom stereocenters. The molecule has 0 bridgehead atoms. The molecule has 4 rings (SSSR count). The second kappa shape index (κ2) is 8.49. The lowest BCUT2D eigenvalue weighted by Gasteiger charge is -2.20. The molecule has 1 aliphatic rings. The monoisotopic (exact) mass is 465 g/mol. The molecule has 9 heteroatoms. The molecule has 0 N–H and O–H groups in total. The summed E-state index contributed by atoms with van der Waals surface area (Å²) in [5.41, 5.74) is 2.32. The molecule has 0 aliphatic heterocycles. The number of hydrogen-bond donors (Lipinski definition) is 0. The number of carbonyl (C=O) groups is 3. The Morgan fingerprint density at radius 2 is 1.55 bits per heavy atom. The lowest BCUT2D eigenvalue weighted by Crippen LogP contribution is -2.29. The summed E-state index contributed by atoms with van der Waals surface area (Å²) in [5, 5.41) is 4.15. The third-order valence-electron chi connectivity index (χ3n) is 5.71. The smallest absolute Gasteiger partial charge is 0.247 e. The van der Waals surface area contributed by atoms with E-state index in [2.05, 4.69) is 5.10 Å². The van der Waals surface area contributed by atoms with Crippen molar-refractivity contribution >= 4 is 27.5 Å². The summed E-state index contributed by atoms with van der Waals surface area (Å²) in [7, 11) is -2.50. The van der Waals surface area contributed by atoms with Gasteiger partial charge in [-0.05, 0) is 44.5 Å². The highest BCUT2D eigenvalue weighted by Gasteiger charge is 2.31. The van der Waals surface area contributed by atoms with Gasteiger partial charge >= 0.3 is 0 Å². The summed E-state index contributed by atoms with van der Waals surface area (Å²) < 4.78 is 28.6. The average Bonchev–Trinajstić information content (AvgIpc) is 3.14. The third-order valence-corrected chi connectivity index (χ3v) is 7.57. The van der Waals surface area contributed by atoms with Gasteiger partial charge in [-0.1, -0.05) is 24.3 Å². The number of carbonyl (C=O) groups excluding carboxylic acids is 3. The van der Waals surface area contributed by atoms with Crippen LogP contribution >= 0.6 is 0 Å². The van der Waals surface area contributed by atoms with Crippen molar-refractivity contribution < 1.29 is 22.8 Å². The van der Waals surface area contributed by atoms with E-state index in [9.17, 15) is 22.8 Å². The van der Waals surface area contributed by atoms with Gasteiger partial charge in [0.25, 0.3) is 0 Å². The fourth-order valence-electron chi connectivity index (χ4n) is 3.98. The minimum absolute atomic E-state index is 0.0749. The van der Waals surface area contributed by atoms with Gasteiger partial charge in [0, 0.05) is 48.0 Å². The Bertz CT molecular complexity index is 1410. The number of aryl methyl sites for hydroxylation is 2. The van der Waals surface area contributed by atoms with Crippen molar-refractivity contribution in [1.82, 2.24) is 14.1 Å². The molecular weight excluding hydrogens is 442 g/mol. The van der Waals surface area contributed by atoms with E-state index in [-0.39, 0.29) is 52.0 Å². The quantitative estimate of drug-likeness (QED) is 0.433. The number of sulfonamides is 1. The number of benzene rings is 2. The highest BCUT2D eigenvalue weighted by Crippen LogP contribution is 2.29. The number of rotatable bonds is 6. The topological polar surface area (TPSA) is 106 Å². The zero-order valence-electron chi connectivity index (χ0n) is 18.5. The van der Waals surface area contributed by atoms with Gasteiger partial charge in [0.2, 0.25) is 15.9 Å². The van der Waals surface area contributed by atoms with E-state index >= 15 is 0 Å². The Morgan fingerprint density at radius 3 is 2.15 bits per heavy atom. The van der Waals surface area contributed by atoms with E-state index in [0.29, 0.717) is 12.0 Å². The van der Waals surface area contributed by atoms with Crippen LogP contribution in [-0.2, 0) is 10.0 Å². The fraction of sp³-hybridized carbons (Fsp3) is 0.250. The number of ketones is 2. The number of nitrogens with zero attached hydrogens (tertiary/aromatic N) is 3. The second-order valence-electron chi connectivity index (χ2n) is 8.07. The van der Waals surface area contributed by atoms with Crippen LogP contribution in [0.5, 0.6) is 0 Å². The Kier molecular flexibility index (Phi) is 5.85. The third kappa shape index (κ3) is 4.05. The summed E-state index contributed by atoms with van der Waals surface area (Å²) in [6.07, 6.45) is 0.443. The van der Waals surface area contributed by atoms with Crippen LogP contribution in [0.1, 0.15) is 60.9 Å². The highest BCUT2D eigenvalue weighted by atomic mass is 32.2. The molecule has 0 radical (unpaired) electrons. The minimum Gasteiger partial charge on any atom is -0.289 e. The molecule has 8 nitrogen and oxygen atoms in total. The van der Waals surface area contributed by atoms with E-state index in [1.807, 2.05) is 0 Å². The van der Waals surface area contributed by atoms with Gasteiger partial charge in [0.15, 0.2) is 11.6 Å². The van der Waals surface area contributed by atoms with Crippen LogP contribution in [-0.4, -0.2) is 53.6 Å². The largest absolute Gasteiger partial charge is 0.289 e. The molecule has 170 valence electrons. The molecule has 1 aromatic heterocycles. The molecule has 0 amide bonds. The van der Waals surface area contributed by atoms with E-state index in [1.165, 1.54) is 29.9 Å². The Hall–Kier alpha value is -3.43. The summed E-state index contributed by atoms with van der Waals surface area (Å²) >= 11 is 0. The molecule has 1 heterocycles. The lowest BCUT2D eigenvalue weighted by atomic mass is 9.84. The van der Waals surface area contributed by atoms with Crippen molar-refractivity contribution in [2.45, 2.75) is 31.6 Å². The van der Waals surface area contributed by atoms with Crippen LogP contribution in [0.3, 0.4) is 0 Å². The van der Waals surface area contributed by atoms with Crippen molar-refractivity contribution in [2.75, 3.05) is 13.6 Å². The van der Waals surface area contributed by atoms with Gasteiger partial charge in [-0.3, -0.25) is 14.4 Å². The molecular formula is C24H23N3O5S. The van der Waals surface area contributed by atoms with Crippen molar-refractivity contribution in [3.8, 4) is 0 Å². The predicted molar refractivity (Wildman–Crippen MR) is 121 cm³/mol. The van der Waals surface area contributed by atoms with Crippen LogP contribution < -0.4 is 0 Å². The van der Waals surface area contributed by atoms with Crippen molar-refractivity contribution in [3.63, 3.8) is 0 Å². The first-order chi connectivity index (χ1) is 15.6. The van der Waals surface area contributed by atoms with Gasteiger partial charge < -0.3 is 0 Å². The normalized spacial score (nSPS) is 13.2. The Balaban J connectivity index is 1.50. The minimum atomic E-state index is -3.92. The first-order valence-corrected chi connectivity index (χ1v) is 11.9. The Labute approximate surface area is 191 Å². The first kappa shape index (κ1) is 22.8.